The first-order valence-corrected chi connectivity index (χ1v) is 9.79. The summed E-state index contributed by atoms with van der Waals surface area (Å²) in [5, 5.41) is 6.44. The predicted molar refractivity (Wildman–Crippen MR) is 110 cm³/mol. The molecule has 0 aliphatic carbocycles. The highest BCUT2D eigenvalue weighted by Crippen LogP contribution is 2.36. The topological polar surface area (TPSA) is 94.3 Å². The summed E-state index contributed by atoms with van der Waals surface area (Å²) in [6.07, 6.45) is -8.09. The van der Waals surface area contributed by atoms with Crippen LogP contribution in [0.15, 0.2) is 48.7 Å². The molecule has 0 atom stereocenters. The highest BCUT2D eigenvalue weighted by molar-refractivity contribution is 6.02. The van der Waals surface area contributed by atoms with Gasteiger partial charge in [-0.05, 0) is 25.1 Å². The summed E-state index contributed by atoms with van der Waals surface area (Å²) in [4.78, 5) is 24.5. The number of nitrogens with zero attached hydrogens (tertiary/aromatic N) is 5. The first-order valence-electron chi connectivity index (χ1n) is 9.79. The average Bonchev–Trinajstić information content (AvgIpc) is 3.20. The van der Waals surface area contributed by atoms with Crippen molar-refractivity contribution < 1.29 is 35.9 Å². The van der Waals surface area contributed by atoms with E-state index in [1.807, 2.05) is 0 Å². The molecule has 1 aromatic carbocycles. The van der Waals surface area contributed by atoms with Gasteiger partial charge in [0.2, 0.25) is 11.8 Å². The standard InChI is InChI=1S/C21H14F6N6O2/c1-11-8-17(35-10-20(22,23)24)30-19(29-11)31-18(34)15-9-28-16-7-6-14(32-33(15)16)12-4-2-3-5-13(12)21(25,26)27/h2-9H,10H2,1H3,(H,29,30,31,34). The van der Waals surface area contributed by atoms with Crippen molar-refractivity contribution in [3.05, 3.63) is 65.6 Å². The summed E-state index contributed by atoms with van der Waals surface area (Å²) in [5.74, 6) is -1.60. The van der Waals surface area contributed by atoms with Gasteiger partial charge in [0.05, 0.1) is 17.5 Å². The molecule has 35 heavy (non-hydrogen) atoms. The molecule has 14 heteroatoms. The third-order valence-corrected chi connectivity index (χ3v) is 4.54. The summed E-state index contributed by atoms with van der Waals surface area (Å²) in [7, 11) is 0. The molecule has 8 nitrogen and oxygen atoms in total. The zero-order valence-corrected chi connectivity index (χ0v) is 17.6. The molecular formula is C21H14F6N6O2. The number of hydrogen-bond donors (Lipinski definition) is 1. The number of anilines is 1. The molecule has 0 radical (unpaired) electrons. The second-order valence-electron chi connectivity index (χ2n) is 7.20. The van der Waals surface area contributed by atoms with Crippen molar-refractivity contribution in [2.45, 2.75) is 19.3 Å². The summed E-state index contributed by atoms with van der Waals surface area (Å²) < 4.78 is 83.1. The third-order valence-electron chi connectivity index (χ3n) is 4.54. The smallest absolute Gasteiger partial charge is 0.422 e. The second-order valence-corrected chi connectivity index (χ2v) is 7.20. The number of nitrogens with one attached hydrogen (secondary N) is 1. The van der Waals surface area contributed by atoms with E-state index in [2.05, 4.69) is 30.1 Å². The largest absolute Gasteiger partial charge is 0.468 e. The lowest BCUT2D eigenvalue weighted by Gasteiger charge is -2.12. The van der Waals surface area contributed by atoms with Crippen LogP contribution in [0.1, 0.15) is 21.7 Å². The van der Waals surface area contributed by atoms with E-state index in [4.69, 9.17) is 0 Å². The molecule has 1 amide bonds. The quantitative estimate of drug-likeness (QED) is 0.403. The molecule has 0 fully saturated rings. The lowest BCUT2D eigenvalue weighted by atomic mass is 10.0. The minimum Gasteiger partial charge on any atom is -0.468 e. The zero-order valence-electron chi connectivity index (χ0n) is 17.6. The number of carbonyl (C=O) groups excluding carboxylic acids is 1. The number of alkyl halides is 6. The Bertz CT molecular complexity index is 1400. The van der Waals surface area contributed by atoms with Gasteiger partial charge in [-0.15, -0.1) is 0 Å². The van der Waals surface area contributed by atoms with Crippen LogP contribution in [0.3, 0.4) is 0 Å². The highest BCUT2D eigenvalue weighted by Gasteiger charge is 2.34. The molecule has 4 aromatic rings. The fourth-order valence-corrected chi connectivity index (χ4v) is 3.12. The SMILES string of the molecule is Cc1cc(OCC(F)(F)F)nc(NC(=O)c2cnc3ccc(-c4ccccc4C(F)(F)F)nn23)n1. The monoisotopic (exact) mass is 496 g/mol. The van der Waals surface area contributed by atoms with Crippen molar-refractivity contribution in [3.63, 3.8) is 0 Å². The van der Waals surface area contributed by atoms with Gasteiger partial charge in [0.1, 0.15) is 0 Å². The molecule has 0 unspecified atom stereocenters. The maximum Gasteiger partial charge on any atom is 0.422 e. The van der Waals surface area contributed by atoms with Crippen molar-refractivity contribution >= 4 is 17.5 Å². The first-order chi connectivity index (χ1) is 16.4. The van der Waals surface area contributed by atoms with Crippen LogP contribution in [0.25, 0.3) is 16.9 Å². The van der Waals surface area contributed by atoms with E-state index >= 15 is 0 Å². The molecule has 0 bridgehead atoms. The Morgan fingerprint density at radius 1 is 1.06 bits per heavy atom. The number of aromatic nitrogens is 5. The Kier molecular flexibility index (Phi) is 6.05. The maximum absolute atomic E-state index is 13.4. The molecule has 4 rings (SSSR count). The minimum atomic E-state index is -4.63. The number of halogens is 6. The number of ether oxygens (including phenoxy) is 1. The van der Waals surface area contributed by atoms with E-state index in [0.717, 1.165) is 22.8 Å². The summed E-state index contributed by atoms with van der Waals surface area (Å²) >= 11 is 0. The molecule has 3 heterocycles. The van der Waals surface area contributed by atoms with Gasteiger partial charge in [0, 0.05) is 17.3 Å². The van der Waals surface area contributed by atoms with Crippen LogP contribution in [0, 0.1) is 6.92 Å². The van der Waals surface area contributed by atoms with E-state index in [9.17, 15) is 31.1 Å². The lowest BCUT2D eigenvalue weighted by molar-refractivity contribution is -0.154. The van der Waals surface area contributed by atoms with Gasteiger partial charge in [-0.1, -0.05) is 18.2 Å². The number of benzene rings is 1. The Morgan fingerprint density at radius 3 is 2.51 bits per heavy atom. The van der Waals surface area contributed by atoms with Gasteiger partial charge in [0.25, 0.3) is 5.91 Å². The van der Waals surface area contributed by atoms with Crippen LogP contribution < -0.4 is 10.1 Å². The van der Waals surface area contributed by atoms with E-state index < -0.39 is 36.3 Å². The normalized spacial score (nSPS) is 12.1. The number of amides is 1. The highest BCUT2D eigenvalue weighted by atomic mass is 19.4. The molecule has 182 valence electrons. The van der Waals surface area contributed by atoms with Crippen molar-refractivity contribution in [3.8, 4) is 17.1 Å². The number of rotatable bonds is 5. The summed E-state index contributed by atoms with van der Waals surface area (Å²) in [5.41, 5.74) is -0.952. The average molecular weight is 496 g/mol. The van der Waals surface area contributed by atoms with Gasteiger partial charge in [0.15, 0.2) is 17.9 Å². The van der Waals surface area contributed by atoms with Gasteiger partial charge in [-0.2, -0.15) is 36.4 Å². The van der Waals surface area contributed by atoms with Crippen molar-refractivity contribution in [1.82, 2.24) is 24.6 Å². The molecule has 0 spiro atoms. The van der Waals surface area contributed by atoms with Crippen LogP contribution in [0.5, 0.6) is 5.88 Å². The fraction of sp³-hybridized carbons (Fsp3) is 0.190. The molecule has 1 N–H and O–H groups in total. The van der Waals surface area contributed by atoms with Crippen molar-refractivity contribution in [2.75, 3.05) is 11.9 Å². The van der Waals surface area contributed by atoms with E-state index in [-0.39, 0.29) is 34.2 Å². The molecule has 0 aliphatic rings. The van der Waals surface area contributed by atoms with Crippen LogP contribution in [-0.2, 0) is 6.18 Å². The second kappa shape index (κ2) is 8.85. The number of fused-ring (bicyclic) bond motifs is 1. The maximum atomic E-state index is 13.4. The van der Waals surface area contributed by atoms with Gasteiger partial charge >= 0.3 is 12.4 Å². The molecule has 0 saturated carbocycles. The number of aryl methyl sites for hydroxylation is 1. The van der Waals surface area contributed by atoms with E-state index in [1.54, 1.807) is 0 Å². The van der Waals surface area contributed by atoms with E-state index in [0.29, 0.717) is 0 Å². The minimum absolute atomic E-state index is 0.0629. The molecule has 0 saturated heterocycles. The van der Waals surface area contributed by atoms with Crippen LogP contribution in [0.4, 0.5) is 32.3 Å². The van der Waals surface area contributed by atoms with Gasteiger partial charge in [-0.3, -0.25) is 10.1 Å². The number of hydrogen-bond acceptors (Lipinski definition) is 6. The molecule has 3 aromatic heterocycles. The van der Waals surface area contributed by atoms with Gasteiger partial charge in [-0.25, -0.2) is 14.5 Å². The third kappa shape index (κ3) is 5.47. The Morgan fingerprint density at radius 2 is 1.80 bits per heavy atom. The lowest BCUT2D eigenvalue weighted by Crippen LogP contribution is -2.21. The predicted octanol–water partition coefficient (Wildman–Crippen LogP) is 4.71. The summed E-state index contributed by atoms with van der Waals surface area (Å²) in [6, 6.07) is 8.70. The summed E-state index contributed by atoms with van der Waals surface area (Å²) in [6.45, 7) is -0.131. The molecular weight excluding hydrogens is 482 g/mol. The van der Waals surface area contributed by atoms with Crippen LogP contribution >= 0.6 is 0 Å². The van der Waals surface area contributed by atoms with Crippen molar-refractivity contribution in [2.24, 2.45) is 0 Å². The zero-order chi connectivity index (χ0) is 25.4. The Hall–Kier alpha value is -4.23. The Balaban J connectivity index is 1.65. The van der Waals surface area contributed by atoms with Crippen LogP contribution in [0.2, 0.25) is 0 Å². The van der Waals surface area contributed by atoms with E-state index in [1.165, 1.54) is 37.3 Å². The Labute approximate surface area is 192 Å². The van der Waals surface area contributed by atoms with Crippen molar-refractivity contribution in [1.29, 1.82) is 0 Å². The first kappa shape index (κ1) is 23.9. The van der Waals surface area contributed by atoms with Gasteiger partial charge < -0.3 is 4.74 Å². The number of carbonyl (C=O) groups is 1. The number of imidazole rings is 1. The van der Waals surface area contributed by atoms with Crippen LogP contribution in [-0.4, -0.2) is 43.3 Å². The fourth-order valence-electron chi connectivity index (χ4n) is 3.12. The molecule has 0 aliphatic heterocycles.